The Balaban J connectivity index is 1.17. The third-order valence-electron chi connectivity index (χ3n) is 9.40. The van der Waals surface area contributed by atoms with Crippen molar-refractivity contribution >= 4 is 43.6 Å². The van der Waals surface area contributed by atoms with Crippen molar-refractivity contribution in [3.05, 3.63) is 169 Å². The van der Waals surface area contributed by atoms with Gasteiger partial charge in [-0.25, -0.2) is 0 Å². The van der Waals surface area contributed by atoms with Crippen LogP contribution in [0.2, 0.25) is 0 Å². The van der Waals surface area contributed by atoms with E-state index in [-0.39, 0.29) is 0 Å². The van der Waals surface area contributed by atoms with Crippen LogP contribution in [0.25, 0.3) is 77.2 Å². The van der Waals surface area contributed by atoms with Gasteiger partial charge >= 0.3 is 0 Å². The van der Waals surface area contributed by atoms with Gasteiger partial charge in [0.25, 0.3) is 0 Å². The van der Waals surface area contributed by atoms with Crippen LogP contribution < -0.4 is 0 Å². The number of hydrogen-bond acceptors (Lipinski definition) is 2. The van der Waals surface area contributed by atoms with Crippen molar-refractivity contribution < 1.29 is 0 Å². The number of nitriles is 2. The number of para-hydroxylation sites is 4. The lowest BCUT2D eigenvalue weighted by molar-refractivity contribution is 1.17. The van der Waals surface area contributed by atoms with Crippen molar-refractivity contribution in [1.29, 1.82) is 10.5 Å². The molecule has 7 aromatic carbocycles. The van der Waals surface area contributed by atoms with Gasteiger partial charge in [0.05, 0.1) is 45.0 Å². The van der Waals surface area contributed by atoms with Crippen molar-refractivity contribution in [2.24, 2.45) is 0 Å². The molecule has 0 amide bonds. The van der Waals surface area contributed by atoms with E-state index in [9.17, 15) is 10.5 Å². The van der Waals surface area contributed by atoms with E-state index in [2.05, 4.69) is 143 Å². The minimum absolute atomic E-state index is 0.629. The minimum Gasteiger partial charge on any atom is -0.309 e. The fraction of sp³-hybridized carbons (Fsp3) is 0. The highest BCUT2D eigenvalue weighted by Gasteiger charge is 2.19. The van der Waals surface area contributed by atoms with E-state index in [4.69, 9.17) is 0 Å². The van der Waals surface area contributed by atoms with Gasteiger partial charge in [-0.3, -0.25) is 0 Å². The number of hydrogen-bond donors (Lipinski definition) is 0. The molecule has 0 N–H and O–H groups in total. The van der Waals surface area contributed by atoms with Crippen LogP contribution in [0.4, 0.5) is 0 Å². The standard InChI is InChI=1S/C44H26N4/c45-27-29-19-24-43-39(25-29)38-14-3-4-16-40(38)47(43)34-11-7-9-32(26-34)30-20-22-31(23-21-30)35-15-8-10-33(28-46)44(35)48-41-17-5-1-12-36(41)37-13-2-6-18-42(37)48/h1-26H. The first-order valence-electron chi connectivity index (χ1n) is 15.9. The molecule has 0 bridgehead atoms. The van der Waals surface area contributed by atoms with Crippen LogP contribution in [0.1, 0.15) is 11.1 Å². The first-order chi connectivity index (χ1) is 23.7. The smallest absolute Gasteiger partial charge is 0.101 e. The Bertz CT molecular complexity index is 2750. The van der Waals surface area contributed by atoms with E-state index < -0.39 is 0 Å². The van der Waals surface area contributed by atoms with Gasteiger partial charge < -0.3 is 9.13 Å². The molecule has 2 aromatic heterocycles. The van der Waals surface area contributed by atoms with Gasteiger partial charge in [-0.1, -0.05) is 103 Å². The van der Waals surface area contributed by atoms with Gasteiger partial charge in [0.2, 0.25) is 0 Å². The fourth-order valence-electron chi connectivity index (χ4n) is 7.26. The van der Waals surface area contributed by atoms with Crippen molar-refractivity contribution in [2.45, 2.75) is 0 Å². The van der Waals surface area contributed by atoms with Crippen LogP contribution in [0, 0.1) is 22.7 Å². The Kier molecular flexibility index (Phi) is 6.22. The maximum atomic E-state index is 10.3. The first-order valence-corrected chi connectivity index (χ1v) is 15.9. The van der Waals surface area contributed by atoms with Crippen LogP contribution >= 0.6 is 0 Å². The number of fused-ring (bicyclic) bond motifs is 6. The summed E-state index contributed by atoms with van der Waals surface area (Å²) in [5, 5.41) is 24.4. The van der Waals surface area contributed by atoms with Crippen molar-refractivity contribution in [3.8, 4) is 45.8 Å². The molecule has 0 atom stereocenters. The van der Waals surface area contributed by atoms with E-state index in [0.29, 0.717) is 11.1 Å². The van der Waals surface area contributed by atoms with Crippen LogP contribution in [0.15, 0.2) is 158 Å². The second-order valence-electron chi connectivity index (χ2n) is 12.0. The lowest BCUT2D eigenvalue weighted by Crippen LogP contribution is -2.00. The number of rotatable bonds is 4. The molecular formula is C44H26N4. The molecule has 222 valence electrons. The van der Waals surface area contributed by atoms with Crippen molar-refractivity contribution in [1.82, 2.24) is 9.13 Å². The Morgan fingerprint density at radius 3 is 1.65 bits per heavy atom. The van der Waals surface area contributed by atoms with Gasteiger partial charge in [0, 0.05) is 32.8 Å². The predicted octanol–water partition coefficient (Wildman–Crippen LogP) is 11.0. The second kappa shape index (κ2) is 10.9. The van der Waals surface area contributed by atoms with Gasteiger partial charge in [-0.2, -0.15) is 10.5 Å². The van der Waals surface area contributed by atoms with Crippen LogP contribution in [-0.2, 0) is 0 Å². The van der Waals surface area contributed by atoms with Crippen LogP contribution in [0.3, 0.4) is 0 Å². The summed E-state index contributed by atoms with van der Waals surface area (Å²) in [6.45, 7) is 0. The molecule has 0 aliphatic heterocycles. The zero-order valence-corrected chi connectivity index (χ0v) is 25.8. The largest absolute Gasteiger partial charge is 0.309 e. The molecular weight excluding hydrogens is 585 g/mol. The predicted molar refractivity (Wildman–Crippen MR) is 195 cm³/mol. The van der Waals surface area contributed by atoms with E-state index in [1.807, 2.05) is 36.4 Å². The number of benzene rings is 7. The summed E-state index contributed by atoms with van der Waals surface area (Å²) < 4.78 is 4.51. The average molecular weight is 611 g/mol. The monoisotopic (exact) mass is 610 g/mol. The molecule has 0 fully saturated rings. The molecule has 0 saturated carbocycles. The van der Waals surface area contributed by atoms with Gasteiger partial charge in [0.15, 0.2) is 0 Å². The molecule has 0 radical (unpaired) electrons. The van der Waals surface area contributed by atoms with Gasteiger partial charge in [-0.15, -0.1) is 0 Å². The Morgan fingerprint density at radius 1 is 0.396 bits per heavy atom. The highest BCUT2D eigenvalue weighted by molar-refractivity contribution is 6.11. The zero-order chi connectivity index (χ0) is 32.2. The van der Waals surface area contributed by atoms with E-state index >= 15 is 0 Å². The molecule has 4 heteroatoms. The molecule has 0 unspecified atom stereocenters. The lowest BCUT2D eigenvalue weighted by Gasteiger charge is -2.16. The summed E-state index contributed by atoms with van der Waals surface area (Å²) >= 11 is 0. The lowest BCUT2D eigenvalue weighted by atomic mass is 9.97. The SMILES string of the molecule is N#Cc1ccc2c(c1)c1ccccc1n2-c1cccc(-c2ccc(-c3cccc(C#N)c3-n3c4ccccc4c4ccccc43)cc2)c1. The van der Waals surface area contributed by atoms with Crippen molar-refractivity contribution in [3.63, 3.8) is 0 Å². The third kappa shape index (κ3) is 4.14. The molecule has 0 saturated heterocycles. The summed E-state index contributed by atoms with van der Waals surface area (Å²) in [6.07, 6.45) is 0. The summed E-state index contributed by atoms with van der Waals surface area (Å²) in [5.41, 5.74) is 11.8. The molecule has 2 heterocycles. The summed E-state index contributed by atoms with van der Waals surface area (Å²) in [7, 11) is 0. The first kappa shape index (κ1) is 27.4. The molecule has 0 spiro atoms. The maximum absolute atomic E-state index is 10.3. The number of aromatic nitrogens is 2. The summed E-state index contributed by atoms with van der Waals surface area (Å²) in [4.78, 5) is 0. The van der Waals surface area contributed by atoms with E-state index in [0.717, 1.165) is 77.2 Å². The van der Waals surface area contributed by atoms with E-state index in [1.165, 1.54) is 0 Å². The molecule has 48 heavy (non-hydrogen) atoms. The Hall–Kier alpha value is -6.88. The zero-order valence-electron chi connectivity index (χ0n) is 25.8. The normalized spacial score (nSPS) is 11.3. The van der Waals surface area contributed by atoms with Crippen LogP contribution in [-0.4, -0.2) is 9.13 Å². The highest BCUT2D eigenvalue weighted by Crippen LogP contribution is 2.39. The number of nitrogens with zero attached hydrogens (tertiary/aromatic N) is 4. The second-order valence-corrected chi connectivity index (χ2v) is 12.0. The summed E-state index contributed by atoms with van der Waals surface area (Å²) in [5.74, 6) is 0. The van der Waals surface area contributed by atoms with Crippen LogP contribution in [0.5, 0.6) is 0 Å². The average Bonchev–Trinajstić information content (AvgIpc) is 3.67. The minimum atomic E-state index is 0.629. The molecule has 9 rings (SSSR count). The van der Waals surface area contributed by atoms with Gasteiger partial charge in [0.1, 0.15) is 6.07 Å². The topological polar surface area (TPSA) is 57.4 Å². The molecule has 0 aliphatic carbocycles. The van der Waals surface area contributed by atoms with Gasteiger partial charge in [-0.05, 0) is 71.3 Å². The molecule has 4 nitrogen and oxygen atoms in total. The maximum Gasteiger partial charge on any atom is 0.101 e. The third-order valence-corrected chi connectivity index (χ3v) is 9.40. The Morgan fingerprint density at radius 2 is 0.979 bits per heavy atom. The van der Waals surface area contributed by atoms with Crippen molar-refractivity contribution in [2.75, 3.05) is 0 Å². The summed E-state index contributed by atoms with van der Waals surface area (Å²) in [6, 6.07) is 59.0. The fourth-order valence-corrected chi connectivity index (χ4v) is 7.26. The highest BCUT2D eigenvalue weighted by atomic mass is 15.0. The quantitative estimate of drug-likeness (QED) is 0.199. The van der Waals surface area contributed by atoms with E-state index in [1.54, 1.807) is 0 Å². The molecule has 9 aromatic rings. The molecule has 0 aliphatic rings. The Labute approximate surface area is 277 Å².